The summed E-state index contributed by atoms with van der Waals surface area (Å²) in [5.74, 6) is -2.78. The summed E-state index contributed by atoms with van der Waals surface area (Å²) in [6.07, 6.45) is 2.34. The molecule has 21 heavy (non-hydrogen) atoms. The molecule has 1 aromatic carbocycles. The van der Waals surface area contributed by atoms with Gasteiger partial charge >= 0.3 is 0 Å². The fraction of sp³-hybridized carbons (Fsp3) is 0.357. The van der Waals surface area contributed by atoms with Crippen molar-refractivity contribution in [3.05, 3.63) is 51.5 Å². The first-order valence-electron chi connectivity index (χ1n) is 6.51. The quantitative estimate of drug-likeness (QED) is 0.879. The number of aryl methyl sites for hydroxylation is 1. The molecule has 1 atom stereocenters. The van der Waals surface area contributed by atoms with E-state index in [1.54, 1.807) is 13.2 Å². The Morgan fingerprint density at radius 2 is 1.90 bits per heavy atom. The summed E-state index contributed by atoms with van der Waals surface area (Å²) in [5, 5.41) is 7.14. The van der Waals surface area contributed by atoms with Gasteiger partial charge in [-0.15, -0.1) is 0 Å². The van der Waals surface area contributed by atoms with E-state index in [9.17, 15) is 13.2 Å². The van der Waals surface area contributed by atoms with E-state index in [1.165, 1.54) is 4.68 Å². The minimum atomic E-state index is -0.938. The van der Waals surface area contributed by atoms with E-state index in [0.717, 1.165) is 6.42 Å². The predicted molar refractivity (Wildman–Crippen MR) is 77.4 cm³/mol. The molecule has 0 aliphatic carbocycles. The van der Waals surface area contributed by atoms with Crippen molar-refractivity contribution in [3.8, 4) is 0 Å². The molecule has 0 spiro atoms. The summed E-state index contributed by atoms with van der Waals surface area (Å²) >= 11 is 3.33. The highest BCUT2D eigenvalue weighted by atomic mass is 79.9. The zero-order valence-corrected chi connectivity index (χ0v) is 13.2. The van der Waals surface area contributed by atoms with Crippen LogP contribution in [0.3, 0.4) is 0 Å². The second-order valence-corrected chi connectivity index (χ2v) is 5.53. The van der Waals surface area contributed by atoms with E-state index in [2.05, 4.69) is 26.3 Å². The number of rotatable bonds is 5. The molecule has 1 unspecified atom stereocenters. The zero-order valence-electron chi connectivity index (χ0n) is 11.6. The summed E-state index contributed by atoms with van der Waals surface area (Å²) in [6.45, 7) is 2.50. The van der Waals surface area contributed by atoms with Gasteiger partial charge in [-0.3, -0.25) is 4.68 Å². The summed E-state index contributed by atoms with van der Waals surface area (Å²) in [6, 6.07) is 0.611. The highest BCUT2D eigenvalue weighted by molar-refractivity contribution is 9.10. The van der Waals surface area contributed by atoms with Crippen LogP contribution in [0, 0.1) is 17.5 Å². The van der Waals surface area contributed by atoms with Crippen molar-refractivity contribution in [1.82, 2.24) is 15.1 Å². The fourth-order valence-corrected chi connectivity index (χ4v) is 2.78. The zero-order chi connectivity index (χ0) is 15.6. The summed E-state index contributed by atoms with van der Waals surface area (Å²) < 4.78 is 43.4. The summed E-state index contributed by atoms with van der Waals surface area (Å²) in [5.41, 5.74) is 0.363. The minimum absolute atomic E-state index is 0.214. The molecule has 1 aromatic heterocycles. The van der Waals surface area contributed by atoms with Crippen LogP contribution in [-0.2, 0) is 7.05 Å². The molecule has 114 valence electrons. The largest absolute Gasteiger partial charge is 0.305 e. The van der Waals surface area contributed by atoms with Gasteiger partial charge in [-0.25, -0.2) is 13.2 Å². The third-order valence-corrected chi connectivity index (χ3v) is 3.75. The number of nitrogens with one attached hydrogen (secondary N) is 1. The topological polar surface area (TPSA) is 29.9 Å². The first-order chi connectivity index (χ1) is 9.95. The number of nitrogens with zero attached hydrogens (tertiary/aromatic N) is 2. The van der Waals surface area contributed by atoms with Gasteiger partial charge in [0.1, 0.15) is 17.5 Å². The maximum absolute atomic E-state index is 14.1. The molecule has 2 rings (SSSR count). The van der Waals surface area contributed by atoms with Gasteiger partial charge in [0.05, 0.1) is 22.4 Å². The van der Waals surface area contributed by atoms with Crippen LogP contribution < -0.4 is 5.32 Å². The molecule has 0 amide bonds. The maximum atomic E-state index is 14.1. The Kier molecular flexibility index (Phi) is 5.05. The molecule has 0 fully saturated rings. The molecule has 0 saturated carbocycles. The molecule has 0 radical (unpaired) electrons. The Bertz CT molecular complexity index is 600. The number of hydrogen-bond acceptors (Lipinski definition) is 2. The molecule has 1 heterocycles. The van der Waals surface area contributed by atoms with E-state index in [1.807, 2.05) is 6.92 Å². The van der Waals surface area contributed by atoms with Crippen molar-refractivity contribution < 1.29 is 13.2 Å². The lowest BCUT2D eigenvalue weighted by Crippen LogP contribution is -2.27. The van der Waals surface area contributed by atoms with Crippen molar-refractivity contribution in [3.63, 3.8) is 0 Å². The minimum Gasteiger partial charge on any atom is -0.305 e. The Morgan fingerprint density at radius 1 is 1.29 bits per heavy atom. The lowest BCUT2D eigenvalue weighted by molar-refractivity contribution is 0.472. The van der Waals surface area contributed by atoms with Crippen LogP contribution in [0.5, 0.6) is 0 Å². The smallest absolute Gasteiger partial charge is 0.134 e. The number of benzene rings is 1. The molecule has 3 nitrogen and oxygen atoms in total. The first-order valence-corrected chi connectivity index (χ1v) is 7.30. The van der Waals surface area contributed by atoms with E-state index in [0.29, 0.717) is 28.8 Å². The lowest BCUT2D eigenvalue weighted by atomic mass is 10.0. The van der Waals surface area contributed by atoms with Gasteiger partial charge in [0.15, 0.2) is 0 Å². The Labute approximate surface area is 129 Å². The van der Waals surface area contributed by atoms with Crippen molar-refractivity contribution >= 4 is 15.9 Å². The van der Waals surface area contributed by atoms with Crippen molar-refractivity contribution in [2.45, 2.75) is 19.4 Å². The Hall–Kier alpha value is -1.34. The third kappa shape index (κ3) is 3.29. The van der Waals surface area contributed by atoms with E-state index < -0.39 is 23.5 Å². The van der Waals surface area contributed by atoms with Crippen LogP contribution in [0.2, 0.25) is 0 Å². The Balaban J connectivity index is 2.56. The van der Waals surface area contributed by atoms with Gasteiger partial charge in [-0.1, -0.05) is 6.92 Å². The summed E-state index contributed by atoms with van der Waals surface area (Å²) in [4.78, 5) is 0. The second-order valence-electron chi connectivity index (χ2n) is 4.67. The SMILES string of the molecule is CCCNC(c1c(F)cc(F)cc1F)c1c(Br)cnn1C. The maximum Gasteiger partial charge on any atom is 0.134 e. The fourth-order valence-electron chi connectivity index (χ4n) is 2.20. The second kappa shape index (κ2) is 6.62. The number of aromatic nitrogens is 2. The van der Waals surface area contributed by atoms with Crippen LogP contribution in [-0.4, -0.2) is 16.3 Å². The lowest BCUT2D eigenvalue weighted by Gasteiger charge is -2.21. The van der Waals surface area contributed by atoms with Gasteiger partial charge in [0.2, 0.25) is 0 Å². The molecule has 0 aliphatic heterocycles. The van der Waals surface area contributed by atoms with Gasteiger partial charge in [0.25, 0.3) is 0 Å². The molecular formula is C14H15BrF3N3. The van der Waals surface area contributed by atoms with Crippen LogP contribution in [0.25, 0.3) is 0 Å². The average Bonchev–Trinajstić information content (AvgIpc) is 2.72. The predicted octanol–water partition coefficient (Wildman–Crippen LogP) is 3.69. The highest BCUT2D eigenvalue weighted by Crippen LogP contribution is 2.31. The average molecular weight is 362 g/mol. The monoisotopic (exact) mass is 361 g/mol. The molecule has 0 saturated heterocycles. The van der Waals surface area contributed by atoms with Crippen molar-refractivity contribution in [2.75, 3.05) is 6.54 Å². The van der Waals surface area contributed by atoms with Gasteiger partial charge in [-0.05, 0) is 28.9 Å². The van der Waals surface area contributed by atoms with E-state index in [-0.39, 0.29) is 5.56 Å². The normalized spacial score (nSPS) is 12.7. The van der Waals surface area contributed by atoms with Gasteiger partial charge in [0, 0.05) is 24.7 Å². The van der Waals surface area contributed by atoms with Gasteiger partial charge in [-0.2, -0.15) is 5.10 Å². The summed E-state index contributed by atoms with van der Waals surface area (Å²) in [7, 11) is 1.68. The van der Waals surface area contributed by atoms with Crippen LogP contribution in [0.4, 0.5) is 13.2 Å². The van der Waals surface area contributed by atoms with Crippen LogP contribution in [0.1, 0.15) is 30.6 Å². The van der Waals surface area contributed by atoms with Crippen LogP contribution >= 0.6 is 15.9 Å². The first kappa shape index (κ1) is 16.0. The Morgan fingerprint density at radius 3 is 2.38 bits per heavy atom. The molecule has 7 heteroatoms. The van der Waals surface area contributed by atoms with Crippen molar-refractivity contribution in [2.24, 2.45) is 7.05 Å². The third-order valence-electron chi connectivity index (χ3n) is 3.14. The molecule has 2 aromatic rings. The van der Waals surface area contributed by atoms with Crippen molar-refractivity contribution in [1.29, 1.82) is 0 Å². The van der Waals surface area contributed by atoms with E-state index >= 15 is 0 Å². The van der Waals surface area contributed by atoms with Gasteiger partial charge < -0.3 is 5.32 Å². The van der Waals surface area contributed by atoms with E-state index in [4.69, 9.17) is 0 Å². The molecular weight excluding hydrogens is 347 g/mol. The van der Waals surface area contributed by atoms with Crippen LogP contribution in [0.15, 0.2) is 22.8 Å². The molecule has 1 N–H and O–H groups in total. The highest BCUT2D eigenvalue weighted by Gasteiger charge is 2.26. The molecule has 0 aliphatic rings. The molecule has 0 bridgehead atoms. The standard InChI is InChI=1S/C14H15BrF3N3/c1-3-4-19-13(14-9(15)7-20-21(14)2)12-10(17)5-8(16)6-11(12)18/h5-7,13,19H,3-4H2,1-2H3. The number of halogens is 4. The number of hydrogen-bond donors (Lipinski definition) is 1.